The lowest BCUT2D eigenvalue weighted by Gasteiger charge is -2.37. The number of benzene rings is 9. The maximum absolute atomic E-state index is 2.44. The number of anilines is 6. The van der Waals surface area contributed by atoms with E-state index in [-0.39, 0.29) is 10.8 Å². The summed E-state index contributed by atoms with van der Waals surface area (Å²) in [5, 5.41) is 0. The normalized spacial score (nSPS) is 12.3. The summed E-state index contributed by atoms with van der Waals surface area (Å²) in [6.07, 6.45) is 0. The Balaban J connectivity index is 1.17. The van der Waals surface area contributed by atoms with Gasteiger partial charge in [-0.2, -0.15) is 0 Å². The Labute approximate surface area is 391 Å². The molecule has 0 N–H and O–H groups in total. The molecule has 1 aliphatic heterocycles. The van der Waals surface area contributed by atoms with Gasteiger partial charge in [0.05, 0.1) is 11.4 Å². The highest BCUT2D eigenvalue weighted by Gasteiger charge is 2.31. The average Bonchev–Trinajstić information content (AvgIpc) is 3.35. The van der Waals surface area contributed by atoms with E-state index in [0.29, 0.717) is 0 Å². The van der Waals surface area contributed by atoms with Crippen LogP contribution in [0.25, 0.3) is 33.4 Å². The van der Waals surface area contributed by atoms with Gasteiger partial charge in [0.25, 0.3) is 0 Å². The van der Waals surface area contributed by atoms with Crippen LogP contribution in [0.15, 0.2) is 231 Å². The van der Waals surface area contributed by atoms with Gasteiger partial charge in [-0.25, -0.2) is 0 Å². The van der Waals surface area contributed by atoms with Crippen molar-refractivity contribution in [1.82, 2.24) is 0 Å². The minimum atomic E-state index is 0.0998. The third kappa shape index (κ3) is 8.28. The molecule has 9 aromatic rings. The van der Waals surface area contributed by atoms with Crippen LogP contribution in [-0.4, -0.2) is 0 Å². The number of rotatable bonds is 8. The van der Waals surface area contributed by atoms with Crippen LogP contribution < -0.4 is 9.80 Å². The Morgan fingerprint density at radius 2 is 0.727 bits per heavy atom. The molecular weight excluding hydrogens is 797 g/mol. The van der Waals surface area contributed by atoms with Crippen LogP contribution >= 0.6 is 0 Å². The first kappa shape index (κ1) is 42.3. The van der Waals surface area contributed by atoms with Gasteiger partial charge in [-0.3, -0.25) is 0 Å². The molecular formula is C64H56N2. The van der Waals surface area contributed by atoms with Crippen molar-refractivity contribution in [2.75, 3.05) is 9.80 Å². The molecule has 0 amide bonds. The quantitative estimate of drug-likeness (QED) is 0.150. The van der Waals surface area contributed by atoms with Crippen LogP contribution in [0.5, 0.6) is 0 Å². The Morgan fingerprint density at radius 3 is 1.18 bits per heavy atom. The van der Waals surface area contributed by atoms with Crippen LogP contribution in [0.3, 0.4) is 0 Å². The van der Waals surface area contributed by atoms with Crippen molar-refractivity contribution >= 4 is 45.3 Å². The zero-order valence-electron chi connectivity index (χ0n) is 38.8. The van der Waals surface area contributed by atoms with E-state index in [2.05, 4.69) is 282 Å². The van der Waals surface area contributed by atoms with Gasteiger partial charge < -0.3 is 9.80 Å². The molecule has 0 spiro atoms. The smallest absolute Gasteiger partial charge is 0.0561 e. The summed E-state index contributed by atoms with van der Waals surface area (Å²) < 4.78 is 0. The molecule has 66 heavy (non-hydrogen) atoms. The van der Waals surface area contributed by atoms with Crippen molar-refractivity contribution in [3.8, 4) is 22.3 Å². The molecule has 1 aliphatic rings. The molecule has 1 heterocycles. The summed E-state index contributed by atoms with van der Waals surface area (Å²) in [4.78, 5) is 4.85. The highest BCUT2D eigenvalue weighted by Crippen LogP contribution is 2.53. The van der Waals surface area contributed by atoms with Crippen molar-refractivity contribution in [3.63, 3.8) is 0 Å². The molecule has 2 nitrogen and oxygen atoms in total. The lowest BCUT2D eigenvalue weighted by atomic mass is 9.81. The van der Waals surface area contributed by atoms with E-state index in [0.717, 1.165) is 34.1 Å². The lowest BCUT2D eigenvalue weighted by molar-refractivity contribution is 0.590. The fourth-order valence-corrected chi connectivity index (χ4v) is 9.38. The molecule has 2 heteroatoms. The number of nitrogens with zero attached hydrogens (tertiary/aromatic N) is 2. The van der Waals surface area contributed by atoms with E-state index in [1.54, 1.807) is 0 Å². The van der Waals surface area contributed by atoms with E-state index >= 15 is 0 Å². The first-order valence-corrected chi connectivity index (χ1v) is 23.2. The zero-order valence-corrected chi connectivity index (χ0v) is 38.8. The molecule has 0 unspecified atom stereocenters. The highest BCUT2D eigenvalue weighted by molar-refractivity contribution is 6.13. The molecule has 0 saturated carbocycles. The van der Waals surface area contributed by atoms with Gasteiger partial charge in [0.15, 0.2) is 0 Å². The van der Waals surface area contributed by atoms with Crippen molar-refractivity contribution in [1.29, 1.82) is 0 Å². The van der Waals surface area contributed by atoms with Gasteiger partial charge >= 0.3 is 0 Å². The molecule has 0 atom stereocenters. The topological polar surface area (TPSA) is 6.48 Å². The van der Waals surface area contributed by atoms with Gasteiger partial charge in [-0.05, 0) is 116 Å². The van der Waals surface area contributed by atoms with Crippen LogP contribution in [-0.2, 0) is 10.8 Å². The maximum Gasteiger partial charge on any atom is 0.0561 e. The van der Waals surface area contributed by atoms with Crippen LogP contribution in [0, 0.1) is 0 Å². The largest absolute Gasteiger partial charge is 0.310 e. The standard InChI is InChI=1S/C64H56N2/c1-63(2,3)51-34-26-45(27-35-51)47-30-38-54(39-31-47)65(55-40-32-48(33-41-55)46-28-36-52(37-29-46)64(4,5)6)56-42-43-58-60(44-56)66(53-22-14-9-15-23-53)59-25-17-16-24-57(59)62(58)61(49-18-10-7-11-19-49)50-20-12-8-13-21-50/h7-44H,1-6H3. The fourth-order valence-electron chi connectivity index (χ4n) is 9.38. The number of fused-ring (bicyclic) bond motifs is 2. The minimum absolute atomic E-state index is 0.0998. The van der Waals surface area contributed by atoms with Crippen LogP contribution in [0.1, 0.15) is 74.9 Å². The van der Waals surface area contributed by atoms with E-state index in [4.69, 9.17) is 0 Å². The summed E-state index contributed by atoms with van der Waals surface area (Å²) in [5.74, 6) is 0. The summed E-state index contributed by atoms with van der Waals surface area (Å²) in [7, 11) is 0. The number of para-hydroxylation sites is 2. The van der Waals surface area contributed by atoms with E-state index in [1.807, 2.05) is 0 Å². The Hall–Kier alpha value is -7.68. The second kappa shape index (κ2) is 17.4. The summed E-state index contributed by atoms with van der Waals surface area (Å²) in [6.45, 7) is 13.6. The Morgan fingerprint density at radius 1 is 0.348 bits per heavy atom. The van der Waals surface area contributed by atoms with E-state index < -0.39 is 0 Å². The molecule has 0 saturated heterocycles. The zero-order chi connectivity index (χ0) is 45.4. The monoisotopic (exact) mass is 852 g/mol. The third-order valence-corrected chi connectivity index (χ3v) is 13.0. The van der Waals surface area contributed by atoms with Gasteiger partial charge in [-0.15, -0.1) is 0 Å². The van der Waals surface area contributed by atoms with Gasteiger partial charge in [-0.1, -0.05) is 217 Å². The predicted octanol–water partition coefficient (Wildman–Crippen LogP) is 17.9. The minimum Gasteiger partial charge on any atom is -0.310 e. The molecule has 0 aliphatic carbocycles. The van der Waals surface area contributed by atoms with Crippen molar-refractivity contribution in [2.24, 2.45) is 0 Å². The van der Waals surface area contributed by atoms with E-state index in [1.165, 1.54) is 66.8 Å². The van der Waals surface area contributed by atoms with Gasteiger partial charge in [0, 0.05) is 39.4 Å². The molecule has 0 aromatic heterocycles. The van der Waals surface area contributed by atoms with Crippen LogP contribution in [0.2, 0.25) is 0 Å². The highest BCUT2D eigenvalue weighted by atomic mass is 15.2. The Bertz CT molecular complexity index is 2990. The van der Waals surface area contributed by atoms with Crippen molar-refractivity contribution in [3.05, 3.63) is 264 Å². The van der Waals surface area contributed by atoms with E-state index in [9.17, 15) is 0 Å². The van der Waals surface area contributed by atoms with Crippen molar-refractivity contribution in [2.45, 2.75) is 52.4 Å². The van der Waals surface area contributed by atoms with Crippen molar-refractivity contribution < 1.29 is 0 Å². The van der Waals surface area contributed by atoms with Gasteiger partial charge in [0.1, 0.15) is 0 Å². The predicted molar refractivity (Wildman–Crippen MR) is 282 cm³/mol. The fraction of sp³-hybridized carbons (Fsp3) is 0.125. The summed E-state index contributed by atoms with van der Waals surface area (Å²) in [5.41, 5.74) is 21.4. The number of hydrogen-bond acceptors (Lipinski definition) is 2. The Kier molecular flexibility index (Phi) is 11.1. The molecule has 0 bridgehead atoms. The average molecular weight is 853 g/mol. The number of hydrogen-bond donors (Lipinski definition) is 0. The maximum atomic E-state index is 2.44. The molecule has 322 valence electrons. The SMILES string of the molecule is CC(C)(C)c1ccc(-c2ccc(N(c3ccc(-c4ccc(C(C)(C)C)cc4)cc3)c3ccc4c(c3)N(c3ccccc3)c3ccccc3C4=C(c3ccccc3)c3ccccc3)cc2)cc1. The first-order chi connectivity index (χ1) is 32.0. The second-order valence-corrected chi connectivity index (χ2v) is 19.5. The third-order valence-electron chi connectivity index (χ3n) is 13.0. The molecule has 9 aromatic carbocycles. The first-order valence-electron chi connectivity index (χ1n) is 23.2. The lowest BCUT2D eigenvalue weighted by Crippen LogP contribution is -2.20. The molecule has 10 rings (SSSR count). The molecule has 0 radical (unpaired) electrons. The second-order valence-electron chi connectivity index (χ2n) is 19.5. The summed E-state index contributed by atoms with van der Waals surface area (Å²) in [6, 6.07) is 84.6. The van der Waals surface area contributed by atoms with Crippen LogP contribution in [0.4, 0.5) is 34.1 Å². The summed E-state index contributed by atoms with van der Waals surface area (Å²) >= 11 is 0. The molecule has 0 fully saturated rings. The van der Waals surface area contributed by atoms with Gasteiger partial charge in [0.2, 0.25) is 0 Å².